The van der Waals surface area contributed by atoms with Gasteiger partial charge in [-0.2, -0.15) is 4.68 Å². The number of amides is 1. The lowest BCUT2D eigenvalue weighted by Crippen LogP contribution is -2.39. The molecule has 98 valence electrons. The molecule has 8 nitrogen and oxygen atoms in total. The van der Waals surface area contributed by atoms with Crippen LogP contribution in [-0.2, 0) is 11.8 Å². The second kappa shape index (κ2) is 5.13. The van der Waals surface area contributed by atoms with Gasteiger partial charge in [-0.15, -0.1) is 0 Å². The average Bonchev–Trinajstić information content (AvgIpc) is 2.73. The minimum absolute atomic E-state index is 0.0557. The van der Waals surface area contributed by atoms with Crippen LogP contribution in [0.4, 0.5) is 5.82 Å². The molecule has 0 saturated carbocycles. The molecular formula is C10H14N4O4. The van der Waals surface area contributed by atoms with Crippen LogP contribution in [0.3, 0.4) is 0 Å². The Balaban J connectivity index is 2.06. The van der Waals surface area contributed by atoms with E-state index >= 15 is 0 Å². The van der Waals surface area contributed by atoms with E-state index in [1.165, 1.54) is 17.8 Å². The van der Waals surface area contributed by atoms with E-state index in [0.29, 0.717) is 13.2 Å². The van der Waals surface area contributed by atoms with Gasteiger partial charge >= 0.3 is 5.82 Å². The van der Waals surface area contributed by atoms with Gasteiger partial charge in [-0.05, 0) is 17.8 Å². The number of nitro groups is 1. The normalized spacial score (nSPS) is 16.5. The van der Waals surface area contributed by atoms with Gasteiger partial charge in [-0.25, -0.2) is 0 Å². The van der Waals surface area contributed by atoms with Gasteiger partial charge in [-0.1, -0.05) is 0 Å². The first kappa shape index (κ1) is 12.5. The van der Waals surface area contributed by atoms with Gasteiger partial charge < -0.3 is 20.2 Å². The van der Waals surface area contributed by atoms with Crippen molar-refractivity contribution in [3.05, 3.63) is 21.9 Å². The summed E-state index contributed by atoms with van der Waals surface area (Å²) >= 11 is 0. The van der Waals surface area contributed by atoms with E-state index in [1.807, 2.05) is 0 Å². The molecule has 18 heavy (non-hydrogen) atoms. The quantitative estimate of drug-likeness (QED) is 0.615. The van der Waals surface area contributed by atoms with E-state index in [1.54, 1.807) is 0 Å². The molecule has 1 aliphatic heterocycles. The van der Waals surface area contributed by atoms with Gasteiger partial charge in [0.15, 0.2) is 5.69 Å². The summed E-state index contributed by atoms with van der Waals surface area (Å²) in [6.45, 7) is 1.24. The lowest BCUT2D eigenvalue weighted by molar-refractivity contribution is -0.389. The van der Waals surface area contributed by atoms with E-state index in [-0.39, 0.29) is 23.5 Å². The highest BCUT2D eigenvalue weighted by Crippen LogP contribution is 2.12. The Hall–Kier alpha value is -1.96. The Bertz CT molecular complexity index is 464. The van der Waals surface area contributed by atoms with Crippen molar-refractivity contribution in [2.45, 2.75) is 18.9 Å². The maximum Gasteiger partial charge on any atom is 0.390 e. The summed E-state index contributed by atoms with van der Waals surface area (Å²) in [5.41, 5.74) is 0.188. The molecular weight excluding hydrogens is 240 g/mol. The van der Waals surface area contributed by atoms with Crippen LogP contribution >= 0.6 is 0 Å². The third-order valence-electron chi connectivity index (χ3n) is 2.84. The summed E-state index contributed by atoms with van der Waals surface area (Å²) in [6, 6.07) is 1.23. The first-order valence-corrected chi connectivity index (χ1v) is 5.65. The third kappa shape index (κ3) is 2.65. The van der Waals surface area contributed by atoms with Gasteiger partial charge in [-0.3, -0.25) is 4.79 Å². The number of hydrogen-bond donors (Lipinski definition) is 1. The minimum Gasteiger partial charge on any atom is -0.381 e. The number of aromatic nitrogens is 2. The van der Waals surface area contributed by atoms with Gasteiger partial charge in [0.1, 0.15) is 0 Å². The first-order valence-electron chi connectivity index (χ1n) is 5.65. The summed E-state index contributed by atoms with van der Waals surface area (Å²) in [6.07, 6.45) is 1.51. The highest BCUT2D eigenvalue weighted by molar-refractivity contribution is 5.93. The third-order valence-corrected chi connectivity index (χ3v) is 2.84. The number of carbonyl (C=O) groups is 1. The maximum absolute atomic E-state index is 11.9. The zero-order chi connectivity index (χ0) is 13.1. The van der Waals surface area contributed by atoms with Crippen molar-refractivity contribution in [1.29, 1.82) is 0 Å². The van der Waals surface area contributed by atoms with Crippen LogP contribution in [0.2, 0.25) is 0 Å². The second-order valence-corrected chi connectivity index (χ2v) is 4.13. The Morgan fingerprint density at radius 2 is 2.28 bits per heavy atom. The fourth-order valence-corrected chi connectivity index (χ4v) is 1.86. The van der Waals surface area contributed by atoms with Crippen LogP contribution in [0.1, 0.15) is 23.3 Å². The van der Waals surface area contributed by atoms with E-state index in [0.717, 1.165) is 12.8 Å². The fraction of sp³-hybridized carbons (Fsp3) is 0.600. The maximum atomic E-state index is 11.9. The molecule has 0 spiro atoms. The number of nitrogens with zero attached hydrogens (tertiary/aromatic N) is 3. The summed E-state index contributed by atoms with van der Waals surface area (Å²) in [5.74, 6) is -0.667. The van der Waals surface area contributed by atoms with Crippen LogP contribution < -0.4 is 5.32 Å². The van der Waals surface area contributed by atoms with Crippen LogP contribution in [0.25, 0.3) is 0 Å². The molecule has 2 heterocycles. The number of rotatable bonds is 3. The largest absolute Gasteiger partial charge is 0.390 e. The molecule has 8 heteroatoms. The van der Waals surface area contributed by atoms with Crippen molar-refractivity contribution < 1.29 is 14.5 Å². The molecule has 2 rings (SSSR count). The lowest BCUT2D eigenvalue weighted by atomic mass is 10.1. The molecule has 1 saturated heterocycles. The molecule has 0 bridgehead atoms. The number of ether oxygens (including phenoxy) is 1. The second-order valence-electron chi connectivity index (χ2n) is 4.13. The predicted molar refractivity (Wildman–Crippen MR) is 61.2 cm³/mol. The van der Waals surface area contributed by atoms with Crippen molar-refractivity contribution in [2.24, 2.45) is 7.05 Å². The monoisotopic (exact) mass is 254 g/mol. The molecule has 1 amide bonds. The zero-order valence-corrected chi connectivity index (χ0v) is 9.96. The summed E-state index contributed by atoms with van der Waals surface area (Å²) < 4.78 is 6.40. The molecule has 0 atom stereocenters. The van der Waals surface area contributed by atoms with Crippen molar-refractivity contribution in [3.8, 4) is 0 Å². The molecule has 0 aliphatic carbocycles. The fourth-order valence-electron chi connectivity index (χ4n) is 1.86. The smallest absolute Gasteiger partial charge is 0.381 e. The summed E-state index contributed by atoms with van der Waals surface area (Å²) in [5, 5.41) is 17.0. The summed E-state index contributed by atoms with van der Waals surface area (Å²) in [7, 11) is 1.51. The number of hydrogen-bond acceptors (Lipinski definition) is 5. The highest BCUT2D eigenvalue weighted by Gasteiger charge is 2.23. The molecule has 0 aromatic carbocycles. The number of carbonyl (C=O) groups excluding carboxylic acids is 1. The Labute approximate surface area is 103 Å². The van der Waals surface area contributed by atoms with Gasteiger partial charge in [0.25, 0.3) is 5.91 Å². The molecule has 1 aliphatic rings. The van der Waals surface area contributed by atoms with E-state index in [4.69, 9.17) is 4.74 Å². The van der Waals surface area contributed by atoms with Crippen molar-refractivity contribution in [1.82, 2.24) is 15.1 Å². The molecule has 0 radical (unpaired) electrons. The molecule has 1 aromatic heterocycles. The van der Waals surface area contributed by atoms with E-state index in [2.05, 4.69) is 10.4 Å². The standard InChI is InChI=1S/C10H14N4O4/c1-13-8(6-9(12-13)14(16)17)10(15)11-7-2-4-18-5-3-7/h6-7H,2-5H2,1H3,(H,11,15). The topological polar surface area (TPSA) is 99.3 Å². The van der Waals surface area contributed by atoms with Gasteiger partial charge in [0.2, 0.25) is 0 Å². The molecule has 1 fully saturated rings. The molecule has 1 N–H and O–H groups in total. The predicted octanol–water partition coefficient (Wildman–Crippen LogP) is 0.237. The SMILES string of the molecule is Cn1nc([N+](=O)[O-])cc1C(=O)NC1CCOCC1. The zero-order valence-electron chi connectivity index (χ0n) is 9.96. The lowest BCUT2D eigenvalue weighted by Gasteiger charge is -2.22. The van der Waals surface area contributed by atoms with Crippen LogP contribution in [0.5, 0.6) is 0 Å². The number of nitrogens with one attached hydrogen (secondary N) is 1. The van der Waals surface area contributed by atoms with Gasteiger partial charge in [0.05, 0.1) is 18.2 Å². The van der Waals surface area contributed by atoms with Crippen LogP contribution in [0, 0.1) is 10.1 Å². The Kier molecular flexibility index (Phi) is 3.56. The molecule has 1 aromatic rings. The minimum atomic E-state index is -0.620. The number of aryl methyl sites for hydroxylation is 1. The summed E-state index contributed by atoms with van der Waals surface area (Å²) in [4.78, 5) is 21.9. The van der Waals surface area contributed by atoms with Crippen molar-refractivity contribution in [2.75, 3.05) is 13.2 Å². The molecule has 0 unspecified atom stereocenters. The highest BCUT2D eigenvalue weighted by atomic mass is 16.6. The van der Waals surface area contributed by atoms with E-state index in [9.17, 15) is 14.9 Å². The van der Waals surface area contributed by atoms with Crippen LogP contribution in [0.15, 0.2) is 6.07 Å². The average molecular weight is 254 g/mol. The Morgan fingerprint density at radius 1 is 1.61 bits per heavy atom. The van der Waals surface area contributed by atoms with Gasteiger partial charge in [0, 0.05) is 19.3 Å². The van der Waals surface area contributed by atoms with Crippen molar-refractivity contribution >= 4 is 11.7 Å². The Morgan fingerprint density at radius 3 is 2.83 bits per heavy atom. The first-order chi connectivity index (χ1) is 8.58. The van der Waals surface area contributed by atoms with Crippen molar-refractivity contribution in [3.63, 3.8) is 0 Å². The van der Waals surface area contributed by atoms with E-state index < -0.39 is 4.92 Å². The van der Waals surface area contributed by atoms with Crippen LogP contribution in [-0.4, -0.2) is 39.9 Å².